The van der Waals surface area contributed by atoms with E-state index in [1.54, 1.807) is 35.3 Å². The zero-order valence-corrected chi connectivity index (χ0v) is 13.7. The Labute approximate surface area is 148 Å². The maximum atomic E-state index is 14.3. The molecule has 0 saturated carbocycles. The number of carboxylic acids is 1. The smallest absolute Gasteiger partial charge is 0.303 e. The number of nitrogens with zero attached hydrogens (tertiary/aromatic N) is 2. The summed E-state index contributed by atoms with van der Waals surface area (Å²) in [6.07, 6.45) is 5.22. The summed E-state index contributed by atoms with van der Waals surface area (Å²) in [5.41, 5.74) is 0.897. The molecule has 134 valence electrons. The molecule has 2 heterocycles. The number of benzene rings is 1. The third-order valence-electron chi connectivity index (χ3n) is 3.73. The summed E-state index contributed by atoms with van der Waals surface area (Å²) in [6, 6.07) is 9.43. The molecule has 0 amide bonds. The Balaban J connectivity index is 1.88. The molecule has 0 spiro atoms. The van der Waals surface area contributed by atoms with E-state index in [2.05, 4.69) is 4.98 Å². The first-order chi connectivity index (χ1) is 12.6. The molecule has 1 N–H and O–H groups in total. The number of hydrogen-bond donors (Lipinski definition) is 1. The van der Waals surface area contributed by atoms with E-state index < -0.39 is 23.4 Å². The fourth-order valence-corrected chi connectivity index (χ4v) is 2.55. The van der Waals surface area contributed by atoms with Gasteiger partial charge in [-0.15, -0.1) is 0 Å². The summed E-state index contributed by atoms with van der Waals surface area (Å²) < 4.78 is 35.5. The van der Waals surface area contributed by atoms with Gasteiger partial charge in [0.1, 0.15) is 5.82 Å². The first-order valence-corrected chi connectivity index (χ1v) is 7.98. The van der Waals surface area contributed by atoms with Gasteiger partial charge in [0.05, 0.1) is 6.61 Å². The molecule has 0 bridgehead atoms. The molecule has 0 aliphatic carbocycles. The summed E-state index contributed by atoms with van der Waals surface area (Å²) in [7, 11) is 0. The summed E-state index contributed by atoms with van der Waals surface area (Å²) in [5.74, 6) is -2.65. The van der Waals surface area contributed by atoms with Crippen molar-refractivity contribution in [3.63, 3.8) is 0 Å². The molecular weight excluding hydrogens is 342 g/mol. The van der Waals surface area contributed by atoms with Crippen molar-refractivity contribution >= 4 is 5.97 Å². The van der Waals surface area contributed by atoms with E-state index in [1.807, 2.05) is 12.1 Å². The van der Waals surface area contributed by atoms with Crippen LogP contribution in [0.5, 0.6) is 5.75 Å². The average Bonchev–Trinajstić information content (AvgIpc) is 3.14. The minimum absolute atomic E-state index is 0.0823. The highest BCUT2D eigenvalue weighted by Gasteiger charge is 2.16. The SMILES string of the molecule is O=C(O)CCCOc1c(F)cc(-c2cccnc2-n2cccc2)cc1F. The van der Waals surface area contributed by atoms with Gasteiger partial charge < -0.3 is 14.4 Å². The van der Waals surface area contributed by atoms with Crippen molar-refractivity contribution < 1.29 is 23.4 Å². The average molecular weight is 358 g/mol. The second kappa shape index (κ2) is 7.77. The van der Waals surface area contributed by atoms with Gasteiger partial charge >= 0.3 is 5.97 Å². The summed E-state index contributed by atoms with van der Waals surface area (Å²) in [5, 5.41) is 8.58. The van der Waals surface area contributed by atoms with Gasteiger partial charge in [0, 0.05) is 30.6 Å². The van der Waals surface area contributed by atoms with Gasteiger partial charge in [-0.3, -0.25) is 4.79 Å². The van der Waals surface area contributed by atoms with Crippen molar-refractivity contribution in [1.82, 2.24) is 9.55 Å². The lowest BCUT2D eigenvalue weighted by molar-refractivity contribution is -0.137. The van der Waals surface area contributed by atoms with Gasteiger partial charge in [0.15, 0.2) is 17.4 Å². The van der Waals surface area contributed by atoms with Crippen molar-refractivity contribution in [2.24, 2.45) is 0 Å². The predicted molar refractivity (Wildman–Crippen MR) is 91.3 cm³/mol. The van der Waals surface area contributed by atoms with Crippen LogP contribution in [0.3, 0.4) is 0 Å². The lowest BCUT2D eigenvalue weighted by Crippen LogP contribution is -2.05. The molecule has 3 aromatic rings. The van der Waals surface area contributed by atoms with Crippen LogP contribution in [-0.2, 0) is 4.79 Å². The number of hydrogen-bond acceptors (Lipinski definition) is 3. The Bertz CT molecular complexity index is 888. The molecule has 0 atom stereocenters. The third-order valence-corrected chi connectivity index (χ3v) is 3.73. The lowest BCUT2D eigenvalue weighted by atomic mass is 10.1. The van der Waals surface area contributed by atoms with Crippen molar-refractivity contribution in [2.75, 3.05) is 6.61 Å². The number of aromatic nitrogens is 2. The quantitative estimate of drug-likeness (QED) is 0.647. The highest BCUT2D eigenvalue weighted by molar-refractivity contribution is 5.71. The first-order valence-electron chi connectivity index (χ1n) is 7.98. The van der Waals surface area contributed by atoms with E-state index in [0.717, 1.165) is 0 Å². The zero-order valence-electron chi connectivity index (χ0n) is 13.7. The molecule has 2 aromatic heterocycles. The van der Waals surface area contributed by atoms with Crippen LogP contribution in [0.15, 0.2) is 55.0 Å². The summed E-state index contributed by atoms with van der Waals surface area (Å²) in [4.78, 5) is 14.8. The van der Waals surface area contributed by atoms with Crippen LogP contribution in [0.2, 0.25) is 0 Å². The van der Waals surface area contributed by atoms with Gasteiger partial charge in [0.25, 0.3) is 0 Å². The normalized spacial score (nSPS) is 10.7. The van der Waals surface area contributed by atoms with Crippen molar-refractivity contribution in [3.05, 3.63) is 66.6 Å². The number of halogens is 2. The molecule has 0 aliphatic heterocycles. The third kappa shape index (κ3) is 3.88. The monoisotopic (exact) mass is 358 g/mol. The highest BCUT2D eigenvalue weighted by Crippen LogP contribution is 2.31. The zero-order chi connectivity index (χ0) is 18.5. The Morgan fingerprint density at radius 1 is 1.15 bits per heavy atom. The number of pyridine rings is 1. The van der Waals surface area contributed by atoms with Crippen LogP contribution in [0.4, 0.5) is 8.78 Å². The predicted octanol–water partition coefficient (Wildman–Crippen LogP) is 4.06. The lowest BCUT2D eigenvalue weighted by Gasteiger charge is -2.12. The maximum absolute atomic E-state index is 14.3. The molecule has 0 saturated heterocycles. The summed E-state index contributed by atoms with van der Waals surface area (Å²) in [6.45, 7) is -0.0823. The minimum atomic E-state index is -0.987. The van der Waals surface area contributed by atoms with Crippen molar-refractivity contribution in [3.8, 4) is 22.7 Å². The van der Waals surface area contributed by atoms with Crippen LogP contribution < -0.4 is 4.74 Å². The number of carboxylic acid groups (broad SMARTS) is 1. The van der Waals surface area contributed by atoms with E-state index in [1.165, 1.54) is 12.1 Å². The molecule has 0 unspecified atom stereocenters. The Kier molecular flexibility index (Phi) is 5.26. The topological polar surface area (TPSA) is 64.3 Å². The van der Waals surface area contributed by atoms with Crippen LogP contribution in [0.1, 0.15) is 12.8 Å². The van der Waals surface area contributed by atoms with Gasteiger partial charge in [-0.25, -0.2) is 13.8 Å². The second-order valence-corrected chi connectivity index (χ2v) is 5.58. The fourth-order valence-electron chi connectivity index (χ4n) is 2.55. The van der Waals surface area contributed by atoms with Gasteiger partial charge in [-0.05, 0) is 48.4 Å². The van der Waals surface area contributed by atoms with Crippen molar-refractivity contribution in [2.45, 2.75) is 12.8 Å². The Morgan fingerprint density at radius 2 is 1.85 bits per heavy atom. The molecule has 7 heteroatoms. The van der Waals surface area contributed by atoms with Crippen LogP contribution in [0, 0.1) is 11.6 Å². The largest absolute Gasteiger partial charge is 0.488 e. The second-order valence-electron chi connectivity index (χ2n) is 5.58. The first kappa shape index (κ1) is 17.6. The molecule has 5 nitrogen and oxygen atoms in total. The molecule has 0 aliphatic rings. The molecule has 0 radical (unpaired) electrons. The van der Waals surface area contributed by atoms with Crippen molar-refractivity contribution in [1.29, 1.82) is 0 Å². The molecular formula is C19H16F2N2O3. The van der Waals surface area contributed by atoms with Gasteiger partial charge in [0.2, 0.25) is 0 Å². The van der Waals surface area contributed by atoms with Gasteiger partial charge in [-0.1, -0.05) is 0 Å². The van der Waals surface area contributed by atoms with Crippen LogP contribution >= 0.6 is 0 Å². The van der Waals surface area contributed by atoms with Crippen LogP contribution in [-0.4, -0.2) is 27.2 Å². The van der Waals surface area contributed by atoms with E-state index in [-0.39, 0.29) is 19.4 Å². The number of aliphatic carboxylic acids is 1. The Morgan fingerprint density at radius 3 is 2.50 bits per heavy atom. The maximum Gasteiger partial charge on any atom is 0.303 e. The minimum Gasteiger partial charge on any atom is -0.488 e. The molecule has 3 rings (SSSR count). The Hall–Kier alpha value is -3.22. The molecule has 0 fully saturated rings. The van der Waals surface area contributed by atoms with Gasteiger partial charge in [-0.2, -0.15) is 0 Å². The highest BCUT2D eigenvalue weighted by atomic mass is 19.1. The number of carbonyl (C=O) groups is 1. The summed E-state index contributed by atoms with van der Waals surface area (Å²) >= 11 is 0. The van der Waals surface area contributed by atoms with E-state index >= 15 is 0 Å². The van der Waals surface area contributed by atoms with E-state index in [9.17, 15) is 13.6 Å². The van der Waals surface area contributed by atoms with E-state index in [4.69, 9.17) is 9.84 Å². The van der Waals surface area contributed by atoms with Crippen LogP contribution in [0.25, 0.3) is 16.9 Å². The molecule has 26 heavy (non-hydrogen) atoms. The number of rotatable bonds is 7. The van der Waals surface area contributed by atoms with E-state index in [0.29, 0.717) is 16.9 Å². The molecule has 1 aromatic carbocycles. The standard InChI is InChI=1S/C19H16F2N2O3/c20-15-11-13(12-16(21)18(15)26-10-4-6-17(24)25)14-5-3-7-22-19(14)23-8-1-2-9-23/h1-3,5,7-9,11-12H,4,6,10H2,(H,24,25). The fraction of sp³-hybridized carbons (Fsp3) is 0.158. The number of ether oxygens (including phenoxy) is 1.